The van der Waals surface area contributed by atoms with Gasteiger partial charge in [-0.2, -0.15) is 0 Å². The lowest BCUT2D eigenvalue weighted by Crippen LogP contribution is -2.16. The molecule has 1 rings (SSSR count). The molecular formula is C10H16O2. The van der Waals surface area contributed by atoms with Crippen LogP contribution >= 0.6 is 0 Å². The molecule has 12 heavy (non-hydrogen) atoms. The summed E-state index contributed by atoms with van der Waals surface area (Å²) < 4.78 is 0. The van der Waals surface area contributed by atoms with Gasteiger partial charge in [-0.3, -0.25) is 0 Å². The van der Waals surface area contributed by atoms with Gasteiger partial charge in [0.1, 0.15) is 12.6 Å². The van der Waals surface area contributed by atoms with Gasteiger partial charge in [-0.25, -0.2) is 0 Å². The molecule has 0 bridgehead atoms. The van der Waals surface area contributed by atoms with E-state index in [1.807, 2.05) is 0 Å². The highest BCUT2D eigenvalue weighted by atomic mass is 16.1. The maximum atomic E-state index is 10.5. The van der Waals surface area contributed by atoms with Gasteiger partial charge in [0.25, 0.3) is 0 Å². The molecule has 0 aliphatic heterocycles. The Labute approximate surface area is 73.3 Å². The zero-order valence-corrected chi connectivity index (χ0v) is 7.37. The number of rotatable bonds is 4. The van der Waals surface area contributed by atoms with Crippen molar-refractivity contribution in [1.29, 1.82) is 0 Å². The molecular weight excluding hydrogens is 152 g/mol. The van der Waals surface area contributed by atoms with Crippen LogP contribution in [0.1, 0.15) is 38.5 Å². The minimum Gasteiger partial charge on any atom is -0.303 e. The summed E-state index contributed by atoms with van der Waals surface area (Å²) in [5.74, 6) is 0.898. The third kappa shape index (κ3) is 2.76. The monoisotopic (exact) mass is 168 g/mol. The van der Waals surface area contributed by atoms with Crippen molar-refractivity contribution < 1.29 is 9.59 Å². The molecule has 0 N–H and O–H groups in total. The maximum Gasteiger partial charge on any atom is 0.123 e. The Morgan fingerprint density at radius 1 is 1.25 bits per heavy atom. The second kappa shape index (κ2) is 5.07. The Kier molecular flexibility index (Phi) is 3.98. The van der Waals surface area contributed by atoms with E-state index in [9.17, 15) is 9.59 Å². The van der Waals surface area contributed by atoms with E-state index in [-0.39, 0.29) is 5.92 Å². The smallest absolute Gasteiger partial charge is 0.123 e. The van der Waals surface area contributed by atoms with Crippen molar-refractivity contribution >= 4 is 12.6 Å². The third-order valence-electron chi connectivity index (χ3n) is 2.71. The van der Waals surface area contributed by atoms with Gasteiger partial charge in [0, 0.05) is 12.3 Å². The van der Waals surface area contributed by atoms with Crippen LogP contribution in [-0.2, 0) is 9.59 Å². The Hall–Kier alpha value is -0.660. The van der Waals surface area contributed by atoms with Crippen LogP contribution in [0.2, 0.25) is 0 Å². The first-order valence-corrected chi connectivity index (χ1v) is 4.75. The fourth-order valence-electron chi connectivity index (χ4n) is 2.02. The van der Waals surface area contributed by atoms with Gasteiger partial charge >= 0.3 is 0 Å². The highest BCUT2D eigenvalue weighted by Gasteiger charge is 2.20. The minimum atomic E-state index is 0.274. The molecule has 2 nitrogen and oxygen atoms in total. The molecule has 0 aromatic carbocycles. The fraction of sp³-hybridized carbons (Fsp3) is 0.800. The van der Waals surface area contributed by atoms with Gasteiger partial charge in [-0.15, -0.1) is 0 Å². The van der Waals surface area contributed by atoms with E-state index >= 15 is 0 Å². The summed E-state index contributed by atoms with van der Waals surface area (Å²) in [7, 11) is 0. The molecule has 2 unspecified atom stereocenters. The van der Waals surface area contributed by atoms with E-state index in [0.29, 0.717) is 12.3 Å². The predicted molar refractivity (Wildman–Crippen MR) is 46.8 cm³/mol. The zero-order valence-electron chi connectivity index (χ0n) is 7.37. The SMILES string of the molecule is O=CCCC1CCCC(C=O)C1. The summed E-state index contributed by atoms with van der Waals surface area (Å²) in [5.41, 5.74) is 0. The lowest BCUT2D eigenvalue weighted by atomic mass is 9.80. The van der Waals surface area contributed by atoms with Gasteiger partial charge in [-0.1, -0.05) is 12.8 Å². The minimum absolute atomic E-state index is 0.274. The fourth-order valence-corrected chi connectivity index (χ4v) is 2.02. The first-order chi connectivity index (χ1) is 5.86. The first kappa shape index (κ1) is 9.43. The van der Waals surface area contributed by atoms with Crippen LogP contribution < -0.4 is 0 Å². The van der Waals surface area contributed by atoms with Crippen molar-refractivity contribution in [3.8, 4) is 0 Å². The molecule has 2 atom stereocenters. The van der Waals surface area contributed by atoms with E-state index in [0.717, 1.165) is 38.3 Å². The van der Waals surface area contributed by atoms with Crippen LogP contribution in [0.4, 0.5) is 0 Å². The Morgan fingerprint density at radius 2 is 2.08 bits per heavy atom. The molecule has 68 valence electrons. The van der Waals surface area contributed by atoms with Crippen molar-refractivity contribution in [3.05, 3.63) is 0 Å². The average Bonchev–Trinajstić information content (AvgIpc) is 2.15. The van der Waals surface area contributed by atoms with Crippen LogP contribution in [0, 0.1) is 11.8 Å². The normalized spacial score (nSPS) is 29.7. The lowest BCUT2D eigenvalue weighted by molar-refractivity contribution is -0.112. The second-order valence-electron chi connectivity index (χ2n) is 3.67. The second-order valence-corrected chi connectivity index (χ2v) is 3.67. The molecule has 1 saturated carbocycles. The Bertz CT molecular complexity index is 154. The van der Waals surface area contributed by atoms with Crippen molar-refractivity contribution in [2.45, 2.75) is 38.5 Å². The molecule has 1 fully saturated rings. The van der Waals surface area contributed by atoms with Crippen molar-refractivity contribution in [1.82, 2.24) is 0 Å². The zero-order chi connectivity index (χ0) is 8.81. The molecule has 0 heterocycles. The van der Waals surface area contributed by atoms with Gasteiger partial charge in [0.2, 0.25) is 0 Å². The predicted octanol–water partition coefficient (Wildman–Crippen LogP) is 1.97. The molecule has 0 radical (unpaired) electrons. The summed E-state index contributed by atoms with van der Waals surface area (Å²) in [5, 5.41) is 0. The Balaban J connectivity index is 2.25. The van der Waals surface area contributed by atoms with Gasteiger partial charge in [0.05, 0.1) is 0 Å². The highest BCUT2D eigenvalue weighted by molar-refractivity contribution is 5.53. The number of carbonyl (C=O) groups is 2. The lowest BCUT2D eigenvalue weighted by Gasteiger charge is -2.24. The number of hydrogen-bond acceptors (Lipinski definition) is 2. The van der Waals surface area contributed by atoms with Crippen molar-refractivity contribution in [3.63, 3.8) is 0 Å². The summed E-state index contributed by atoms with van der Waals surface area (Å²) in [6.45, 7) is 0. The number of aldehydes is 2. The van der Waals surface area contributed by atoms with Crippen LogP contribution in [0.3, 0.4) is 0 Å². The van der Waals surface area contributed by atoms with Crippen LogP contribution in [-0.4, -0.2) is 12.6 Å². The van der Waals surface area contributed by atoms with E-state index in [4.69, 9.17) is 0 Å². The standard InChI is InChI=1S/C10H16O2/c11-6-2-5-9-3-1-4-10(7-9)8-12/h6,8-10H,1-5,7H2. The van der Waals surface area contributed by atoms with E-state index in [1.165, 1.54) is 6.42 Å². The molecule has 0 saturated heterocycles. The van der Waals surface area contributed by atoms with Gasteiger partial charge < -0.3 is 9.59 Å². The first-order valence-electron chi connectivity index (χ1n) is 4.75. The summed E-state index contributed by atoms with van der Waals surface area (Å²) in [6, 6.07) is 0. The van der Waals surface area contributed by atoms with Gasteiger partial charge in [0.15, 0.2) is 0 Å². The largest absolute Gasteiger partial charge is 0.303 e. The average molecular weight is 168 g/mol. The topological polar surface area (TPSA) is 34.1 Å². The molecule has 0 aromatic heterocycles. The van der Waals surface area contributed by atoms with E-state index in [1.54, 1.807) is 0 Å². The number of hydrogen-bond donors (Lipinski definition) is 0. The van der Waals surface area contributed by atoms with Gasteiger partial charge in [-0.05, 0) is 25.2 Å². The molecule has 1 aliphatic rings. The van der Waals surface area contributed by atoms with E-state index < -0.39 is 0 Å². The third-order valence-corrected chi connectivity index (χ3v) is 2.71. The van der Waals surface area contributed by atoms with E-state index in [2.05, 4.69) is 0 Å². The summed E-state index contributed by atoms with van der Waals surface area (Å²) in [4.78, 5) is 20.6. The molecule has 1 aliphatic carbocycles. The van der Waals surface area contributed by atoms with Crippen LogP contribution in [0.5, 0.6) is 0 Å². The van der Waals surface area contributed by atoms with Crippen LogP contribution in [0.25, 0.3) is 0 Å². The molecule has 0 aromatic rings. The number of carbonyl (C=O) groups excluding carboxylic acids is 2. The molecule has 0 spiro atoms. The Morgan fingerprint density at radius 3 is 2.75 bits per heavy atom. The summed E-state index contributed by atoms with van der Waals surface area (Å²) in [6.07, 6.45) is 8.13. The maximum absolute atomic E-state index is 10.5. The van der Waals surface area contributed by atoms with Crippen LogP contribution in [0.15, 0.2) is 0 Å². The quantitative estimate of drug-likeness (QED) is 0.601. The van der Waals surface area contributed by atoms with Crippen molar-refractivity contribution in [2.75, 3.05) is 0 Å². The molecule has 2 heteroatoms. The van der Waals surface area contributed by atoms with Crippen molar-refractivity contribution in [2.24, 2.45) is 11.8 Å². The molecule has 0 amide bonds. The summed E-state index contributed by atoms with van der Waals surface area (Å²) >= 11 is 0. The highest BCUT2D eigenvalue weighted by Crippen LogP contribution is 2.30.